The Bertz CT molecular complexity index is 522. The van der Waals surface area contributed by atoms with Gasteiger partial charge in [0.05, 0.1) is 0 Å². The Morgan fingerprint density at radius 1 is 1.48 bits per heavy atom. The van der Waals surface area contributed by atoms with Crippen LogP contribution >= 0.6 is 15.9 Å². The molecule has 1 aromatic rings. The number of hydrogen-bond donors (Lipinski definition) is 1. The lowest BCUT2D eigenvalue weighted by Gasteiger charge is -2.34. The SMILES string of the molecule is COCC1CCN(c2ccc(Br)cc2/C=C/C(=O)O)CC1. The fraction of sp³-hybridized carbons (Fsp3) is 0.438. The van der Waals surface area contributed by atoms with E-state index in [2.05, 4.69) is 20.8 Å². The highest BCUT2D eigenvalue weighted by atomic mass is 79.9. The van der Waals surface area contributed by atoms with Gasteiger partial charge < -0.3 is 14.7 Å². The Morgan fingerprint density at radius 2 is 2.19 bits per heavy atom. The second kappa shape index (κ2) is 7.61. The highest BCUT2D eigenvalue weighted by Gasteiger charge is 2.20. The quantitative estimate of drug-likeness (QED) is 0.824. The van der Waals surface area contributed by atoms with E-state index in [1.807, 2.05) is 18.2 Å². The summed E-state index contributed by atoms with van der Waals surface area (Å²) >= 11 is 3.44. The van der Waals surface area contributed by atoms with E-state index in [9.17, 15) is 4.79 Å². The summed E-state index contributed by atoms with van der Waals surface area (Å²) < 4.78 is 6.18. The zero-order valence-corrected chi connectivity index (χ0v) is 13.7. The molecule has 1 aliphatic heterocycles. The number of aliphatic carboxylic acids is 1. The van der Waals surface area contributed by atoms with Gasteiger partial charge in [0, 0.05) is 43.0 Å². The minimum absolute atomic E-state index is 0.625. The molecule has 1 N–H and O–H groups in total. The molecule has 0 amide bonds. The molecule has 0 radical (unpaired) electrons. The van der Waals surface area contributed by atoms with Crippen molar-refractivity contribution in [1.29, 1.82) is 0 Å². The first kappa shape index (κ1) is 16.0. The molecule has 0 aromatic heterocycles. The fourth-order valence-corrected chi connectivity index (χ4v) is 3.06. The number of methoxy groups -OCH3 is 1. The number of carbonyl (C=O) groups is 1. The van der Waals surface area contributed by atoms with Gasteiger partial charge in [-0.1, -0.05) is 15.9 Å². The molecule has 1 saturated heterocycles. The Kier molecular flexibility index (Phi) is 5.82. The molecule has 2 rings (SSSR count). The molecule has 0 aliphatic carbocycles. The van der Waals surface area contributed by atoms with Crippen molar-refractivity contribution in [1.82, 2.24) is 0 Å². The Morgan fingerprint density at radius 3 is 2.81 bits per heavy atom. The van der Waals surface area contributed by atoms with E-state index in [0.717, 1.165) is 48.3 Å². The zero-order valence-electron chi connectivity index (χ0n) is 12.1. The molecule has 21 heavy (non-hydrogen) atoms. The molecular weight excluding hydrogens is 334 g/mol. The monoisotopic (exact) mass is 353 g/mol. The van der Waals surface area contributed by atoms with Crippen molar-refractivity contribution in [3.63, 3.8) is 0 Å². The van der Waals surface area contributed by atoms with Crippen LogP contribution in [0.2, 0.25) is 0 Å². The third kappa shape index (κ3) is 4.58. The molecule has 1 aliphatic rings. The second-order valence-electron chi connectivity index (χ2n) is 5.26. The van der Waals surface area contributed by atoms with E-state index in [1.54, 1.807) is 13.2 Å². The molecule has 1 aromatic carbocycles. The molecule has 0 bridgehead atoms. The number of anilines is 1. The minimum Gasteiger partial charge on any atom is -0.478 e. The van der Waals surface area contributed by atoms with Crippen LogP contribution in [0, 0.1) is 5.92 Å². The predicted molar refractivity (Wildman–Crippen MR) is 87.6 cm³/mol. The van der Waals surface area contributed by atoms with Crippen molar-refractivity contribution in [3.05, 3.63) is 34.3 Å². The molecule has 0 unspecified atom stereocenters. The van der Waals surface area contributed by atoms with Crippen molar-refractivity contribution in [2.75, 3.05) is 31.7 Å². The molecule has 1 fully saturated rings. The summed E-state index contributed by atoms with van der Waals surface area (Å²) in [6.45, 7) is 2.77. The van der Waals surface area contributed by atoms with Gasteiger partial charge in [-0.05, 0) is 48.6 Å². The standard InChI is InChI=1S/C16H20BrNO3/c1-21-11-12-6-8-18(9-7-12)15-4-3-14(17)10-13(15)2-5-16(19)20/h2-5,10,12H,6-9,11H2,1H3,(H,19,20)/b5-2+. The van der Waals surface area contributed by atoms with E-state index in [-0.39, 0.29) is 0 Å². The van der Waals surface area contributed by atoms with Crippen LogP contribution in [0.1, 0.15) is 18.4 Å². The fourth-order valence-electron chi connectivity index (χ4n) is 2.68. The van der Waals surface area contributed by atoms with E-state index in [1.165, 1.54) is 6.08 Å². The summed E-state index contributed by atoms with van der Waals surface area (Å²) in [5.74, 6) is -0.306. The molecule has 114 valence electrons. The summed E-state index contributed by atoms with van der Waals surface area (Å²) in [5.41, 5.74) is 2.02. The summed E-state index contributed by atoms with van der Waals surface area (Å²) in [7, 11) is 1.75. The summed E-state index contributed by atoms with van der Waals surface area (Å²) in [4.78, 5) is 13.1. The normalized spacial score (nSPS) is 16.6. The van der Waals surface area contributed by atoms with E-state index >= 15 is 0 Å². The zero-order chi connectivity index (χ0) is 15.2. The van der Waals surface area contributed by atoms with Crippen LogP contribution in [0.5, 0.6) is 0 Å². The molecular formula is C16H20BrNO3. The minimum atomic E-state index is -0.931. The first-order valence-electron chi connectivity index (χ1n) is 7.04. The van der Waals surface area contributed by atoms with Gasteiger partial charge in [-0.25, -0.2) is 4.79 Å². The number of carboxylic acid groups (broad SMARTS) is 1. The van der Waals surface area contributed by atoms with E-state index < -0.39 is 5.97 Å². The molecule has 5 heteroatoms. The molecule has 0 spiro atoms. The molecule has 1 heterocycles. The van der Waals surface area contributed by atoms with Gasteiger partial charge in [-0.3, -0.25) is 0 Å². The highest BCUT2D eigenvalue weighted by Crippen LogP contribution is 2.29. The maximum Gasteiger partial charge on any atom is 0.328 e. The van der Waals surface area contributed by atoms with Crippen molar-refractivity contribution in [2.24, 2.45) is 5.92 Å². The predicted octanol–water partition coefficient (Wildman–Crippen LogP) is 3.41. The van der Waals surface area contributed by atoms with Gasteiger partial charge in [0.25, 0.3) is 0 Å². The smallest absolute Gasteiger partial charge is 0.328 e. The van der Waals surface area contributed by atoms with Crippen LogP contribution in [0.15, 0.2) is 28.7 Å². The Labute approximate surface area is 133 Å². The first-order valence-corrected chi connectivity index (χ1v) is 7.84. The van der Waals surface area contributed by atoms with Gasteiger partial charge in [0.15, 0.2) is 0 Å². The third-order valence-electron chi connectivity index (χ3n) is 3.75. The number of carboxylic acids is 1. The Balaban J connectivity index is 2.14. The van der Waals surface area contributed by atoms with Crippen molar-refractivity contribution < 1.29 is 14.6 Å². The lowest BCUT2D eigenvalue weighted by Crippen LogP contribution is -2.35. The maximum atomic E-state index is 10.7. The number of ether oxygens (including phenoxy) is 1. The lowest BCUT2D eigenvalue weighted by molar-refractivity contribution is -0.131. The summed E-state index contributed by atoms with van der Waals surface area (Å²) in [6.07, 6.45) is 5.05. The van der Waals surface area contributed by atoms with Crippen LogP contribution in [-0.4, -0.2) is 37.9 Å². The van der Waals surface area contributed by atoms with Gasteiger partial charge in [0.1, 0.15) is 0 Å². The van der Waals surface area contributed by atoms with Gasteiger partial charge >= 0.3 is 5.97 Å². The van der Waals surface area contributed by atoms with E-state index in [0.29, 0.717) is 5.92 Å². The topological polar surface area (TPSA) is 49.8 Å². The Hall–Kier alpha value is -1.33. The van der Waals surface area contributed by atoms with Crippen LogP contribution in [0.4, 0.5) is 5.69 Å². The maximum absolute atomic E-state index is 10.7. The van der Waals surface area contributed by atoms with Crippen LogP contribution < -0.4 is 4.90 Å². The molecule has 0 saturated carbocycles. The van der Waals surface area contributed by atoms with Gasteiger partial charge in [-0.2, -0.15) is 0 Å². The number of rotatable bonds is 5. The molecule has 0 atom stereocenters. The van der Waals surface area contributed by atoms with Gasteiger partial charge in [-0.15, -0.1) is 0 Å². The van der Waals surface area contributed by atoms with Gasteiger partial charge in [0.2, 0.25) is 0 Å². The number of nitrogens with zero attached hydrogens (tertiary/aromatic N) is 1. The largest absolute Gasteiger partial charge is 0.478 e. The van der Waals surface area contributed by atoms with E-state index in [4.69, 9.17) is 9.84 Å². The van der Waals surface area contributed by atoms with Crippen LogP contribution in [0.25, 0.3) is 6.08 Å². The van der Waals surface area contributed by atoms with Crippen molar-refractivity contribution in [2.45, 2.75) is 12.8 Å². The number of benzene rings is 1. The summed E-state index contributed by atoms with van der Waals surface area (Å²) in [6, 6.07) is 5.99. The highest BCUT2D eigenvalue weighted by molar-refractivity contribution is 9.10. The summed E-state index contributed by atoms with van der Waals surface area (Å²) in [5, 5.41) is 8.81. The average molecular weight is 354 g/mol. The second-order valence-corrected chi connectivity index (χ2v) is 6.18. The average Bonchev–Trinajstić information content (AvgIpc) is 2.46. The number of hydrogen-bond acceptors (Lipinski definition) is 3. The van der Waals surface area contributed by atoms with Crippen LogP contribution in [-0.2, 0) is 9.53 Å². The number of halogens is 1. The number of piperidine rings is 1. The van der Waals surface area contributed by atoms with Crippen molar-refractivity contribution >= 4 is 33.7 Å². The first-order chi connectivity index (χ1) is 10.1. The van der Waals surface area contributed by atoms with Crippen LogP contribution in [0.3, 0.4) is 0 Å². The third-order valence-corrected chi connectivity index (χ3v) is 4.25. The molecule has 4 nitrogen and oxygen atoms in total. The van der Waals surface area contributed by atoms with Crippen molar-refractivity contribution in [3.8, 4) is 0 Å². The lowest BCUT2D eigenvalue weighted by atomic mass is 9.96.